The molecular formula is C21H32N4O2. The number of carbonyl (C=O) groups is 1. The Balaban J connectivity index is 1.31. The number of urea groups is 1. The average Bonchev–Trinajstić information content (AvgIpc) is 3.12. The Labute approximate surface area is 162 Å². The molecule has 2 unspecified atom stereocenters. The van der Waals surface area contributed by atoms with E-state index in [1.807, 2.05) is 30.0 Å². The van der Waals surface area contributed by atoms with E-state index in [9.17, 15) is 4.79 Å². The molecule has 0 spiro atoms. The highest BCUT2D eigenvalue weighted by Crippen LogP contribution is 2.29. The van der Waals surface area contributed by atoms with Crippen LogP contribution in [0, 0.1) is 0 Å². The van der Waals surface area contributed by atoms with Gasteiger partial charge in [0.1, 0.15) is 5.75 Å². The van der Waals surface area contributed by atoms with E-state index in [0.29, 0.717) is 18.7 Å². The molecule has 0 radical (unpaired) electrons. The summed E-state index contributed by atoms with van der Waals surface area (Å²) in [7, 11) is 0. The molecule has 0 aromatic heterocycles. The molecule has 3 aliphatic rings. The molecule has 4 rings (SSSR count). The Morgan fingerprint density at radius 2 is 1.89 bits per heavy atom. The lowest BCUT2D eigenvalue weighted by atomic mass is 9.99. The van der Waals surface area contributed by atoms with Crippen molar-refractivity contribution in [3.05, 3.63) is 24.3 Å². The Morgan fingerprint density at radius 1 is 1.07 bits per heavy atom. The zero-order valence-electron chi connectivity index (χ0n) is 16.4. The SMILES string of the molecule is CCOc1ccccc1N1CCN(C(=O)NC2CCN3CCCCC23)CC1. The van der Waals surface area contributed by atoms with Crippen molar-refractivity contribution in [1.82, 2.24) is 15.1 Å². The van der Waals surface area contributed by atoms with Gasteiger partial charge in [-0.25, -0.2) is 4.79 Å². The number of piperidine rings is 1. The van der Waals surface area contributed by atoms with Crippen molar-refractivity contribution in [2.45, 2.75) is 44.7 Å². The second-order valence-corrected chi connectivity index (χ2v) is 7.82. The summed E-state index contributed by atoms with van der Waals surface area (Å²) >= 11 is 0. The quantitative estimate of drug-likeness (QED) is 0.882. The third kappa shape index (κ3) is 4.00. The third-order valence-corrected chi connectivity index (χ3v) is 6.24. The number of nitrogens with one attached hydrogen (secondary N) is 1. The van der Waals surface area contributed by atoms with Crippen LogP contribution in [-0.2, 0) is 0 Å². The molecule has 3 fully saturated rings. The maximum absolute atomic E-state index is 12.8. The molecule has 2 amide bonds. The Morgan fingerprint density at radius 3 is 2.70 bits per heavy atom. The number of rotatable bonds is 4. The molecule has 27 heavy (non-hydrogen) atoms. The summed E-state index contributed by atoms with van der Waals surface area (Å²) in [6, 6.07) is 9.19. The molecule has 1 aromatic rings. The highest BCUT2D eigenvalue weighted by molar-refractivity contribution is 5.75. The first-order chi connectivity index (χ1) is 13.3. The molecule has 2 atom stereocenters. The van der Waals surface area contributed by atoms with Gasteiger partial charge in [0.2, 0.25) is 0 Å². The first-order valence-electron chi connectivity index (χ1n) is 10.5. The molecule has 0 bridgehead atoms. The van der Waals surface area contributed by atoms with Crippen LogP contribution in [0.5, 0.6) is 5.75 Å². The summed E-state index contributed by atoms with van der Waals surface area (Å²) in [6.07, 6.45) is 4.93. The number of hydrogen-bond donors (Lipinski definition) is 1. The average molecular weight is 373 g/mol. The van der Waals surface area contributed by atoms with Gasteiger partial charge < -0.3 is 19.9 Å². The van der Waals surface area contributed by atoms with Gasteiger partial charge in [-0.1, -0.05) is 18.6 Å². The van der Waals surface area contributed by atoms with Gasteiger partial charge in [-0.2, -0.15) is 0 Å². The lowest BCUT2D eigenvalue weighted by molar-refractivity contribution is 0.165. The first-order valence-corrected chi connectivity index (χ1v) is 10.5. The predicted molar refractivity (Wildman–Crippen MR) is 108 cm³/mol. The number of anilines is 1. The van der Waals surface area contributed by atoms with Crippen molar-refractivity contribution in [3.8, 4) is 5.75 Å². The van der Waals surface area contributed by atoms with Crippen LogP contribution in [0.25, 0.3) is 0 Å². The maximum Gasteiger partial charge on any atom is 0.317 e. The van der Waals surface area contributed by atoms with Crippen LogP contribution >= 0.6 is 0 Å². The zero-order valence-corrected chi connectivity index (χ0v) is 16.4. The lowest BCUT2D eigenvalue weighted by Crippen LogP contribution is -2.55. The second-order valence-electron chi connectivity index (χ2n) is 7.82. The molecule has 3 aliphatic heterocycles. The van der Waals surface area contributed by atoms with E-state index < -0.39 is 0 Å². The van der Waals surface area contributed by atoms with E-state index in [1.54, 1.807) is 0 Å². The van der Waals surface area contributed by atoms with Gasteiger partial charge in [-0.15, -0.1) is 0 Å². The van der Waals surface area contributed by atoms with Crippen LogP contribution in [0.2, 0.25) is 0 Å². The molecule has 3 saturated heterocycles. The number of para-hydroxylation sites is 2. The fraction of sp³-hybridized carbons (Fsp3) is 0.667. The van der Waals surface area contributed by atoms with E-state index in [1.165, 1.54) is 25.8 Å². The van der Waals surface area contributed by atoms with Crippen molar-refractivity contribution >= 4 is 11.7 Å². The maximum atomic E-state index is 12.8. The lowest BCUT2D eigenvalue weighted by Gasteiger charge is -2.38. The predicted octanol–water partition coefficient (Wildman–Crippen LogP) is 2.54. The molecule has 6 heteroatoms. The number of carbonyl (C=O) groups excluding carboxylic acids is 1. The number of piperazine rings is 1. The molecule has 0 saturated carbocycles. The normalized spacial score (nSPS) is 26.0. The molecular weight excluding hydrogens is 340 g/mol. The Kier molecular flexibility index (Phi) is 5.72. The van der Waals surface area contributed by atoms with E-state index >= 15 is 0 Å². The summed E-state index contributed by atoms with van der Waals surface area (Å²) in [6.45, 7) is 8.22. The van der Waals surface area contributed by atoms with Gasteiger partial charge in [0.05, 0.1) is 12.3 Å². The molecule has 0 aliphatic carbocycles. The molecule has 1 aromatic carbocycles. The summed E-state index contributed by atoms with van der Waals surface area (Å²) < 4.78 is 5.76. The van der Waals surface area contributed by atoms with E-state index in [4.69, 9.17) is 4.74 Å². The molecule has 3 heterocycles. The molecule has 148 valence electrons. The summed E-state index contributed by atoms with van der Waals surface area (Å²) in [4.78, 5) is 19.7. The first kappa shape index (κ1) is 18.4. The van der Waals surface area contributed by atoms with Crippen molar-refractivity contribution < 1.29 is 9.53 Å². The Bertz CT molecular complexity index is 645. The van der Waals surface area contributed by atoms with E-state index in [2.05, 4.69) is 21.2 Å². The Hall–Kier alpha value is -1.95. The van der Waals surface area contributed by atoms with Crippen LogP contribution < -0.4 is 15.0 Å². The van der Waals surface area contributed by atoms with Crippen LogP contribution in [-0.4, -0.2) is 73.8 Å². The van der Waals surface area contributed by atoms with E-state index in [0.717, 1.165) is 50.6 Å². The second kappa shape index (κ2) is 8.38. The minimum atomic E-state index is 0.116. The van der Waals surface area contributed by atoms with Crippen LogP contribution in [0.4, 0.5) is 10.5 Å². The number of benzene rings is 1. The smallest absolute Gasteiger partial charge is 0.317 e. The topological polar surface area (TPSA) is 48.1 Å². The van der Waals surface area contributed by atoms with Gasteiger partial charge in [-0.05, 0) is 44.9 Å². The van der Waals surface area contributed by atoms with E-state index in [-0.39, 0.29) is 6.03 Å². The highest BCUT2D eigenvalue weighted by Gasteiger charge is 2.37. The zero-order chi connectivity index (χ0) is 18.6. The van der Waals surface area contributed by atoms with Crippen LogP contribution in [0.15, 0.2) is 24.3 Å². The highest BCUT2D eigenvalue weighted by atomic mass is 16.5. The fourth-order valence-corrected chi connectivity index (χ4v) is 4.81. The number of amides is 2. The summed E-state index contributed by atoms with van der Waals surface area (Å²) in [5.41, 5.74) is 1.13. The minimum Gasteiger partial charge on any atom is -0.492 e. The molecule has 6 nitrogen and oxygen atoms in total. The monoisotopic (exact) mass is 372 g/mol. The van der Waals surface area contributed by atoms with Crippen LogP contribution in [0.3, 0.4) is 0 Å². The van der Waals surface area contributed by atoms with Crippen molar-refractivity contribution in [2.75, 3.05) is 50.8 Å². The van der Waals surface area contributed by atoms with Crippen molar-refractivity contribution in [1.29, 1.82) is 0 Å². The van der Waals surface area contributed by atoms with Gasteiger partial charge in [0, 0.05) is 44.8 Å². The number of nitrogens with zero attached hydrogens (tertiary/aromatic N) is 3. The molecule has 1 N–H and O–H groups in total. The largest absolute Gasteiger partial charge is 0.492 e. The van der Waals surface area contributed by atoms with Gasteiger partial charge >= 0.3 is 6.03 Å². The fourth-order valence-electron chi connectivity index (χ4n) is 4.81. The van der Waals surface area contributed by atoms with Gasteiger partial charge in [0.25, 0.3) is 0 Å². The number of ether oxygens (including phenoxy) is 1. The van der Waals surface area contributed by atoms with Gasteiger partial charge in [0.15, 0.2) is 0 Å². The van der Waals surface area contributed by atoms with Crippen LogP contribution in [0.1, 0.15) is 32.6 Å². The number of hydrogen-bond acceptors (Lipinski definition) is 4. The third-order valence-electron chi connectivity index (χ3n) is 6.24. The summed E-state index contributed by atoms with van der Waals surface area (Å²) in [5.74, 6) is 0.932. The minimum absolute atomic E-state index is 0.116. The standard InChI is InChI=1S/C21H32N4O2/c1-2-27-20-9-4-3-8-19(20)24-13-15-25(16-14-24)21(26)22-17-10-12-23-11-6-5-7-18(17)23/h3-4,8-9,17-18H,2,5-7,10-16H2,1H3,(H,22,26). The van der Waals surface area contributed by atoms with Crippen molar-refractivity contribution in [3.63, 3.8) is 0 Å². The summed E-state index contributed by atoms with van der Waals surface area (Å²) in [5, 5.41) is 3.34. The number of fused-ring (bicyclic) bond motifs is 1. The van der Waals surface area contributed by atoms with Gasteiger partial charge in [-0.3, -0.25) is 4.90 Å². The van der Waals surface area contributed by atoms with Crippen molar-refractivity contribution in [2.24, 2.45) is 0 Å².